The second-order valence-corrected chi connectivity index (χ2v) is 5.31. The summed E-state index contributed by atoms with van der Waals surface area (Å²) in [4.78, 5) is 5.05. The van der Waals surface area contributed by atoms with Gasteiger partial charge >= 0.3 is 0 Å². The van der Waals surface area contributed by atoms with Gasteiger partial charge in [0.05, 0.1) is 0 Å². The Morgan fingerprint density at radius 3 is 2.57 bits per heavy atom. The lowest BCUT2D eigenvalue weighted by Gasteiger charge is -2.52. The molecule has 0 radical (unpaired) electrons. The van der Waals surface area contributed by atoms with E-state index in [0.29, 0.717) is 5.54 Å². The zero-order chi connectivity index (χ0) is 10.2. The molecule has 14 heavy (non-hydrogen) atoms. The maximum absolute atomic E-state index is 3.39. The van der Waals surface area contributed by atoms with E-state index in [1.807, 2.05) is 0 Å². The Morgan fingerprint density at radius 2 is 2.07 bits per heavy atom. The Kier molecular flexibility index (Phi) is 2.82. The van der Waals surface area contributed by atoms with Crippen molar-refractivity contribution in [3.8, 4) is 0 Å². The number of nitrogens with one attached hydrogen (secondary N) is 1. The summed E-state index contributed by atoms with van der Waals surface area (Å²) in [6.07, 6.45) is 2.73. The van der Waals surface area contributed by atoms with Gasteiger partial charge in [0.1, 0.15) is 0 Å². The summed E-state index contributed by atoms with van der Waals surface area (Å²) >= 11 is 0. The van der Waals surface area contributed by atoms with Crippen LogP contribution >= 0.6 is 0 Å². The molecule has 2 rings (SSSR count). The maximum Gasteiger partial charge on any atom is 0.0430 e. The highest BCUT2D eigenvalue weighted by Crippen LogP contribution is 2.25. The van der Waals surface area contributed by atoms with Crippen LogP contribution in [0.2, 0.25) is 0 Å². The number of likely N-dealkylation sites (N-methyl/N-ethyl adjacent to an activating group) is 1. The third-order valence-electron chi connectivity index (χ3n) is 3.90. The lowest BCUT2D eigenvalue weighted by atomic mass is 9.89. The molecule has 2 aliphatic heterocycles. The van der Waals surface area contributed by atoms with Crippen molar-refractivity contribution < 1.29 is 0 Å². The van der Waals surface area contributed by atoms with Crippen LogP contribution in [-0.2, 0) is 0 Å². The number of hydrogen-bond donors (Lipinski definition) is 1. The van der Waals surface area contributed by atoms with E-state index in [9.17, 15) is 0 Å². The summed E-state index contributed by atoms with van der Waals surface area (Å²) in [7, 11) is 4.41. The average Bonchev–Trinajstić information content (AvgIpc) is 2.14. The second-order valence-electron chi connectivity index (χ2n) is 5.31. The zero-order valence-electron chi connectivity index (χ0n) is 9.71. The van der Waals surface area contributed by atoms with Crippen molar-refractivity contribution in [3.63, 3.8) is 0 Å². The largest absolute Gasteiger partial charge is 0.313 e. The molecular formula is C11H23N3. The lowest BCUT2D eigenvalue weighted by molar-refractivity contribution is 0.00900. The summed E-state index contributed by atoms with van der Waals surface area (Å²) in [5, 5.41) is 3.39. The topological polar surface area (TPSA) is 18.5 Å². The van der Waals surface area contributed by atoms with Gasteiger partial charge in [-0.1, -0.05) is 0 Å². The molecule has 0 bridgehead atoms. The molecule has 0 amide bonds. The molecule has 2 aliphatic rings. The van der Waals surface area contributed by atoms with Crippen molar-refractivity contribution in [1.82, 2.24) is 15.1 Å². The van der Waals surface area contributed by atoms with Crippen LogP contribution < -0.4 is 5.32 Å². The molecule has 2 fully saturated rings. The summed E-state index contributed by atoms with van der Waals surface area (Å²) in [6, 6.07) is 0.765. The Balaban J connectivity index is 1.93. The molecule has 1 atom stereocenters. The predicted octanol–water partition coefficient (Wildman–Crippen LogP) is 0.374. The quantitative estimate of drug-likeness (QED) is 0.690. The maximum atomic E-state index is 3.39. The highest BCUT2D eigenvalue weighted by molar-refractivity contribution is 5.00. The predicted molar refractivity (Wildman–Crippen MR) is 59.6 cm³/mol. The van der Waals surface area contributed by atoms with Crippen molar-refractivity contribution in [2.45, 2.75) is 31.3 Å². The summed E-state index contributed by atoms with van der Waals surface area (Å²) in [5.41, 5.74) is 0.453. The fourth-order valence-electron chi connectivity index (χ4n) is 2.58. The van der Waals surface area contributed by atoms with E-state index in [-0.39, 0.29) is 0 Å². The van der Waals surface area contributed by atoms with Crippen LogP contribution in [0.5, 0.6) is 0 Å². The standard InChI is InChI=1S/C11H23N3/c1-11(8-12-9-11)14-6-4-5-10(7-14)13(2)3/h10,12H,4-9H2,1-3H3. The fourth-order valence-corrected chi connectivity index (χ4v) is 2.58. The third kappa shape index (κ3) is 1.81. The summed E-state index contributed by atoms with van der Waals surface area (Å²) < 4.78 is 0. The molecule has 0 saturated carbocycles. The molecule has 0 aliphatic carbocycles. The van der Waals surface area contributed by atoms with E-state index in [1.165, 1.54) is 39.0 Å². The highest BCUT2D eigenvalue weighted by Gasteiger charge is 2.39. The van der Waals surface area contributed by atoms with Gasteiger partial charge in [0, 0.05) is 31.2 Å². The zero-order valence-corrected chi connectivity index (χ0v) is 9.71. The van der Waals surface area contributed by atoms with Crippen LogP contribution in [0, 0.1) is 0 Å². The number of likely N-dealkylation sites (tertiary alicyclic amines) is 1. The molecule has 0 aromatic carbocycles. The molecule has 3 heteroatoms. The third-order valence-corrected chi connectivity index (χ3v) is 3.90. The van der Waals surface area contributed by atoms with E-state index in [4.69, 9.17) is 0 Å². The Bertz CT molecular complexity index is 199. The molecule has 0 aromatic rings. The van der Waals surface area contributed by atoms with E-state index < -0.39 is 0 Å². The smallest absolute Gasteiger partial charge is 0.0430 e. The molecule has 0 spiro atoms. The van der Waals surface area contributed by atoms with Gasteiger partial charge in [0.15, 0.2) is 0 Å². The first kappa shape index (κ1) is 10.4. The van der Waals surface area contributed by atoms with E-state index >= 15 is 0 Å². The van der Waals surface area contributed by atoms with E-state index in [2.05, 4.69) is 36.1 Å². The van der Waals surface area contributed by atoms with Gasteiger partial charge < -0.3 is 10.2 Å². The molecule has 1 N–H and O–H groups in total. The molecule has 0 aromatic heterocycles. The molecule has 82 valence electrons. The number of piperidine rings is 1. The fraction of sp³-hybridized carbons (Fsp3) is 1.00. The minimum absolute atomic E-state index is 0.453. The number of nitrogens with zero attached hydrogens (tertiary/aromatic N) is 2. The van der Waals surface area contributed by atoms with Crippen molar-refractivity contribution in [3.05, 3.63) is 0 Å². The van der Waals surface area contributed by atoms with E-state index in [1.54, 1.807) is 0 Å². The van der Waals surface area contributed by atoms with Crippen molar-refractivity contribution >= 4 is 0 Å². The molecule has 2 saturated heterocycles. The molecule has 2 heterocycles. The minimum atomic E-state index is 0.453. The van der Waals surface area contributed by atoms with Crippen LogP contribution in [0.1, 0.15) is 19.8 Å². The first-order chi connectivity index (χ1) is 6.62. The van der Waals surface area contributed by atoms with Crippen LogP contribution in [0.4, 0.5) is 0 Å². The van der Waals surface area contributed by atoms with Gasteiger partial charge in [-0.3, -0.25) is 4.90 Å². The van der Waals surface area contributed by atoms with Crippen molar-refractivity contribution in [1.29, 1.82) is 0 Å². The minimum Gasteiger partial charge on any atom is -0.313 e. The van der Waals surface area contributed by atoms with Crippen molar-refractivity contribution in [2.75, 3.05) is 40.3 Å². The molecule has 1 unspecified atom stereocenters. The van der Waals surface area contributed by atoms with Crippen LogP contribution in [-0.4, -0.2) is 61.7 Å². The number of rotatable bonds is 2. The van der Waals surface area contributed by atoms with Gasteiger partial charge in [-0.2, -0.15) is 0 Å². The number of hydrogen-bond acceptors (Lipinski definition) is 3. The normalized spacial score (nSPS) is 33.0. The Morgan fingerprint density at radius 1 is 1.36 bits per heavy atom. The SMILES string of the molecule is CN(C)C1CCCN(C2(C)CNC2)C1. The van der Waals surface area contributed by atoms with E-state index in [0.717, 1.165) is 6.04 Å². The monoisotopic (exact) mass is 197 g/mol. The van der Waals surface area contributed by atoms with Crippen LogP contribution in [0.15, 0.2) is 0 Å². The second kappa shape index (κ2) is 3.80. The molecular weight excluding hydrogens is 174 g/mol. The Hall–Kier alpha value is -0.120. The van der Waals surface area contributed by atoms with Gasteiger partial charge in [-0.05, 0) is 40.4 Å². The van der Waals surface area contributed by atoms with Crippen molar-refractivity contribution in [2.24, 2.45) is 0 Å². The van der Waals surface area contributed by atoms with Gasteiger partial charge in [-0.25, -0.2) is 0 Å². The van der Waals surface area contributed by atoms with Crippen LogP contribution in [0.3, 0.4) is 0 Å². The van der Waals surface area contributed by atoms with Gasteiger partial charge in [0.25, 0.3) is 0 Å². The van der Waals surface area contributed by atoms with Gasteiger partial charge in [-0.15, -0.1) is 0 Å². The lowest BCUT2D eigenvalue weighted by Crippen LogP contribution is -2.69. The highest BCUT2D eigenvalue weighted by atomic mass is 15.3. The Labute approximate surface area is 87.4 Å². The first-order valence-electron chi connectivity index (χ1n) is 5.74. The summed E-state index contributed by atoms with van der Waals surface area (Å²) in [6.45, 7) is 7.29. The van der Waals surface area contributed by atoms with Crippen LogP contribution in [0.25, 0.3) is 0 Å². The first-order valence-corrected chi connectivity index (χ1v) is 5.74. The molecule has 3 nitrogen and oxygen atoms in total. The summed E-state index contributed by atoms with van der Waals surface area (Å²) in [5.74, 6) is 0. The van der Waals surface area contributed by atoms with Gasteiger partial charge in [0.2, 0.25) is 0 Å². The average molecular weight is 197 g/mol.